The van der Waals surface area contributed by atoms with Crippen molar-refractivity contribution in [1.29, 1.82) is 0 Å². The topological polar surface area (TPSA) is 68.5 Å². The molecule has 0 saturated carbocycles. The summed E-state index contributed by atoms with van der Waals surface area (Å²) in [5.41, 5.74) is 0.521. The zero-order chi connectivity index (χ0) is 14.8. The Balaban J connectivity index is 1.91. The molecule has 3 aromatic rings. The van der Waals surface area contributed by atoms with Crippen LogP contribution in [0.25, 0.3) is 0 Å². The van der Waals surface area contributed by atoms with Gasteiger partial charge in [-0.05, 0) is 17.7 Å². The predicted octanol–water partition coefficient (Wildman–Crippen LogP) is 2.17. The van der Waals surface area contributed by atoms with Gasteiger partial charge in [0.2, 0.25) is 0 Å². The molecule has 2 heterocycles. The molecule has 0 atom stereocenters. The van der Waals surface area contributed by atoms with Crippen LogP contribution in [0.3, 0.4) is 0 Å². The maximum absolute atomic E-state index is 11.9. The lowest BCUT2D eigenvalue weighted by atomic mass is 10.2. The Morgan fingerprint density at radius 1 is 1.24 bits per heavy atom. The first-order valence-electron chi connectivity index (χ1n) is 6.17. The molecule has 2 aromatic heterocycles. The molecule has 0 aliphatic rings. The van der Waals surface area contributed by atoms with E-state index in [1.165, 1.54) is 4.57 Å². The van der Waals surface area contributed by atoms with E-state index in [0.717, 1.165) is 5.56 Å². The number of aromatic nitrogens is 5. The summed E-state index contributed by atoms with van der Waals surface area (Å²) in [7, 11) is 0. The minimum atomic E-state index is -0.281. The van der Waals surface area contributed by atoms with Crippen molar-refractivity contribution in [1.82, 2.24) is 24.3 Å². The molecule has 0 bridgehead atoms. The van der Waals surface area contributed by atoms with Crippen molar-refractivity contribution in [3.63, 3.8) is 0 Å². The lowest BCUT2D eigenvalue weighted by Gasteiger charge is -2.08. The summed E-state index contributed by atoms with van der Waals surface area (Å²) < 4.78 is 3.37. The van der Waals surface area contributed by atoms with Crippen LogP contribution in [0.1, 0.15) is 11.4 Å². The number of nitrogens with zero attached hydrogens (tertiary/aromatic N) is 4. The molecule has 0 fully saturated rings. The summed E-state index contributed by atoms with van der Waals surface area (Å²) in [5, 5.41) is 7.57. The maximum Gasteiger partial charge on any atom is 0.343 e. The van der Waals surface area contributed by atoms with E-state index in [9.17, 15) is 4.79 Å². The second kappa shape index (κ2) is 5.75. The molecule has 0 amide bonds. The van der Waals surface area contributed by atoms with Crippen molar-refractivity contribution in [3.8, 4) is 0 Å². The first-order chi connectivity index (χ1) is 10.1. The van der Waals surface area contributed by atoms with Gasteiger partial charge in [-0.2, -0.15) is 5.10 Å². The van der Waals surface area contributed by atoms with Crippen LogP contribution in [0.5, 0.6) is 0 Å². The Labute approximate surface area is 130 Å². The van der Waals surface area contributed by atoms with E-state index in [2.05, 4.69) is 15.2 Å². The van der Waals surface area contributed by atoms with Gasteiger partial charge in [-0.3, -0.25) is 4.57 Å². The van der Waals surface area contributed by atoms with E-state index in [1.54, 1.807) is 36.9 Å². The van der Waals surface area contributed by atoms with Crippen molar-refractivity contribution in [2.75, 3.05) is 0 Å². The summed E-state index contributed by atoms with van der Waals surface area (Å²) in [6, 6.07) is 5.19. The molecule has 0 spiro atoms. The monoisotopic (exact) mass is 323 g/mol. The lowest BCUT2D eigenvalue weighted by molar-refractivity contribution is 0.655. The molecule has 3 rings (SSSR count). The summed E-state index contributed by atoms with van der Waals surface area (Å²) in [6.45, 7) is 0.777. The molecular formula is C13H11Cl2N5O. The van der Waals surface area contributed by atoms with Crippen molar-refractivity contribution in [2.24, 2.45) is 0 Å². The SMILES string of the molecule is O=c1[nH]nc(Cn2ccnc2)n1Cc1ccc(Cl)cc1Cl. The van der Waals surface area contributed by atoms with Gasteiger partial charge in [0.25, 0.3) is 0 Å². The summed E-state index contributed by atoms with van der Waals surface area (Å²) in [6.07, 6.45) is 5.14. The fourth-order valence-electron chi connectivity index (χ4n) is 2.00. The highest BCUT2D eigenvalue weighted by Crippen LogP contribution is 2.21. The Hall–Kier alpha value is -2.05. The Morgan fingerprint density at radius 3 is 2.81 bits per heavy atom. The number of H-pyrrole nitrogens is 1. The maximum atomic E-state index is 11.9. The summed E-state index contributed by atoms with van der Waals surface area (Å²) >= 11 is 12.0. The van der Waals surface area contributed by atoms with Crippen LogP contribution in [-0.4, -0.2) is 24.3 Å². The number of hydrogen-bond donors (Lipinski definition) is 1. The quantitative estimate of drug-likeness (QED) is 0.800. The normalized spacial score (nSPS) is 11.0. The number of benzene rings is 1. The molecule has 8 heteroatoms. The number of nitrogens with one attached hydrogen (secondary N) is 1. The third kappa shape index (κ3) is 3.01. The van der Waals surface area contributed by atoms with E-state index in [-0.39, 0.29) is 5.69 Å². The van der Waals surface area contributed by atoms with E-state index in [1.807, 2.05) is 4.57 Å². The van der Waals surface area contributed by atoms with Crippen LogP contribution in [0.2, 0.25) is 10.0 Å². The van der Waals surface area contributed by atoms with Crippen molar-refractivity contribution >= 4 is 23.2 Å². The number of imidazole rings is 1. The number of rotatable bonds is 4. The fourth-order valence-corrected chi connectivity index (χ4v) is 2.47. The molecule has 21 heavy (non-hydrogen) atoms. The van der Waals surface area contributed by atoms with Crippen LogP contribution in [0, 0.1) is 0 Å². The smallest absolute Gasteiger partial charge is 0.330 e. The van der Waals surface area contributed by atoms with Gasteiger partial charge in [0.05, 0.1) is 19.4 Å². The van der Waals surface area contributed by atoms with E-state index < -0.39 is 0 Å². The zero-order valence-corrected chi connectivity index (χ0v) is 12.3. The van der Waals surface area contributed by atoms with E-state index in [4.69, 9.17) is 23.2 Å². The zero-order valence-electron chi connectivity index (χ0n) is 10.8. The lowest BCUT2D eigenvalue weighted by Crippen LogP contribution is -2.20. The van der Waals surface area contributed by atoms with Gasteiger partial charge in [0, 0.05) is 22.4 Å². The Bertz CT molecular complexity index is 806. The largest absolute Gasteiger partial charge is 0.343 e. The van der Waals surface area contributed by atoms with Gasteiger partial charge >= 0.3 is 5.69 Å². The number of aromatic amines is 1. The van der Waals surface area contributed by atoms with Crippen molar-refractivity contribution in [2.45, 2.75) is 13.1 Å². The highest BCUT2D eigenvalue weighted by Gasteiger charge is 2.11. The van der Waals surface area contributed by atoms with E-state index in [0.29, 0.717) is 29.0 Å². The van der Waals surface area contributed by atoms with Gasteiger partial charge in [-0.1, -0.05) is 29.3 Å². The summed E-state index contributed by atoms with van der Waals surface area (Å²) in [5.74, 6) is 0.601. The molecule has 0 radical (unpaired) electrons. The number of hydrogen-bond acceptors (Lipinski definition) is 3. The number of halogens is 2. The van der Waals surface area contributed by atoms with Gasteiger partial charge in [0.15, 0.2) is 5.82 Å². The Morgan fingerprint density at radius 2 is 2.10 bits per heavy atom. The fraction of sp³-hybridized carbons (Fsp3) is 0.154. The highest BCUT2D eigenvalue weighted by atomic mass is 35.5. The minimum absolute atomic E-state index is 0.281. The second-order valence-corrected chi connectivity index (χ2v) is 5.35. The second-order valence-electron chi connectivity index (χ2n) is 4.50. The third-order valence-corrected chi connectivity index (χ3v) is 3.65. The summed E-state index contributed by atoms with van der Waals surface area (Å²) in [4.78, 5) is 15.9. The molecule has 1 aromatic carbocycles. The molecule has 0 saturated heterocycles. The minimum Gasteiger partial charge on any atom is -0.330 e. The van der Waals surface area contributed by atoms with Crippen molar-refractivity contribution < 1.29 is 0 Å². The van der Waals surface area contributed by atoms with Crippen LogP contribution in [0.4, 0.5) is 0 Å². The molecule has 108 valence electrons. The van der Waals surface area contributed by atoms with Crippen molar-refractivity contribution in [3.05, 3.63) is 68.8 Å². The predicted molar refractivity (Wildman–Crippen MR) is 79.7 cm³/mol. The van der Waals surface area contributed by atoms with Gasteiger partial charge in [0.1, 0.15) is 0 Å². The van der Waals surface area contributed by atoms with Gasteiger partial charge < -0.3 is 4.57 Å². The highest BCUT2D eigenvalue weighted by molar-refractivity contribution is 6.35. The van der Waals surface area contributed by atoms with Crippen LogP contribution >= 0.6 is 23.2 Å². The third-order valence-electron chi connectivity index (χ3n) is 3.06. The average Bonchev–Trinajstić information content (AvgIpc) is 3.06. The Kier molecular flexibility index (Phi) is 3.81. The van der Waals surface area contributed by atoms with Gasteiger partial charge in [-0.15, -0.1) is 0 Å². The van der Waals surface area contributed by atoms with E-state index >= 15 is 0 Å². The standard InChI is InChI=1S/C13H11Cl2N5O/c14-10-2-1-9(11(15)5-10)6-20-12(17-18-13(20)21)7-19-4-3-16-8-19/h1-5,8H,6-7H2,(H,18,21). The molecule has 0 aliphatic heterocycles. The van der Waals surface area contributed by atoms with Crippen LogP contribution in [0.15, 0.2) is 41.7 Å². The molecule has 0 unspecified atom stereocenters. The first kappa shape index (κ1) is 13.9. The van der Waals surface area contributed by atoms with Gasteiger partial charge in [-0.25, -0.2) is 14.9 Å². The molecule has 6 nitrogen and oxygen atoms in total. The first-order valence-corrected chi connectivity index (χ1v) is 6.93. The molecule has 0 aliphatic carbocycles. The molecule has 1 N–H and O–H groups in total. The molecular weight excluding hydrogens is 313 g/mol. The van der Waals surface area contributed by atoms with Crippen LogP contribution in [-0.2, 0) is 13.1 Å². The van der Waals surface area contributed by atoms with Crippen LogP contribution < -0.4 is 5.69 Å². The average molecular weight is 324 g/mol.